The van der Waals surface area contributed by atoms with E-state index in [1.807, 2.05) is 42.5 Å². The number of nitrogens with one attached hydrogen (secondary N) is 1. The molecule has 1 fully saturated rings. The molecule has 7 heteroatoms. The number of amides is 1. The van der Waals surface area contributed by atoms with Crippen molar-refractivity contribution in [2.45, 2.75) is 38.3 Å². The van der Waals surface area contributed by atoms with E-state index in [2.05, 4.69) is 5.32 Å². The number of fused-ring (bicyclic) bond motifs is 1. The fourth-order valence-electron chi connectivity index (χ4n) is 3.64. The number of ether oxygens (including phenoxy) is 3. The monoisotopic (exact) mass is 404 g/mol. The van der Waals surface area contributed by atoms with Gasteiger partial charge in [0.1, 0.15) is 12.4 Å². The van der Waals surface area contributed by atoms with Crippen LogP contribution in [0.5, 0.6) is 17.2 Å². The molecular formula is C21H25ClN2O4. The van der Waals surface area contributed by atoms with E-state index in [-0.39, 0.29) is 31.1 Å². The molecule has 1 amide bonds. The predicted molar refractivity (Wildman–Crippen MR) is 109 cm³/mol. The molecule has 28 heavy (non-hydrogen) atoms. The SMILES string of the molecule is Cl.N[C@@H]1CCC[C@H]1CC(=O)Nc1cccc(COc2ccc3c(c2)OCO3)c1. The van der Waals surface area contributed by atoms with Crippen molar-refractivity contribution in [2.24, 2.45) is 11.7 Å². The third-order valence-corrected chi connectivity index (χ3v) is 5.13. The Labute approximate surface area is 170 Å². The Balaban J connectivity index is 0.00000225. The van der Waals surface area contributed by atoms with Crippen molar-refractivity contribution in [3.8, 4) is 17.2 Å². The van der Waals surface area contributed by atoms with Gasteiger partial charge < -0.3 is 25.3 Å². The van der Waals surface area contributed by atoms with E-state index in [0.29, 0.717) is 30.4 Å². The lowest BCUT2D eigenvalue weighted by atomic mass is 10.00. The standard InChI is InChI=1S/C21H24N2O4.ClH/c22-18-6-2-4-15(18)10-21(24)23-16-5-1-3-14(9-16)12-25-17-7-8-19-20(11-17)27-13-26-19;/h1,3,5,7-9,11,15,18H,2,4,6,10,12-13,22H2,(H,23,24);1H/t15-,18+;/m0./s1. The lowest BCUT2D eigenvalue weighted by molar-refractivity contribution is -0.117. The second kappa shape index (κ2) is 9.17. The molecule has 0 saturated heterocycles. The highest BCUT2D eigenvalue weighted by molar-refractivity contribution is 5.91. The van der Waals surface area contributed by atoms with Crippen LogP contribution < -0.4 is 25.3 Å². The molecule has 3 N–H and O–H groups in total. The van der Waals surface area contributed by atoms with Crippen molar-refractivity contribution in [1.29, 1.82) is 0 Å². The first-order valence-corrected chi connectivity index (χ1v) is 9.34. The van der Waals surface area contributed by atoms with Gasteiger partial charge in [0.25, 0.3) is 0 Å². The van der Waals surface area contributed by atoms with E-state index < -0.39 is 0 Å². The highest BCUT2D eigenvalue weighted by Crippen LogP contribution is 2.35. The minimum atomic E-state index is 0. The van der Waals surface area contributed by atoms with Gasteiger partial charge in [0.2, 0.25) is 12.7 Å². The number of nitrogens with two attached hydrogens (primary N) is 1. The molecule has 150 valence electrons. The molecule has 0 unspecified atom stereocenters. The molecule has 1 aliphatic carbocycles. The third kappa shape index (κ3) is 4.88. The molecule has 0 spiro atoms. The molecule has 0 aromatic heterocycles. The highest BCUT2D eigenvalue weighted by atomic mass is 35.5. The molecule has 6 nitrogen and oxygen atoms in total. The first-order chi connectivity index (χ1) is 13.2. The molecule has 2 aliphatic rings. The summed E-state index contributed by atoms with van der Waals surface area (Å²) in [6, 6.07) is 13.4. The molecular weight excluding hydrogens is 380 g/mol. The highest BCUT2D eigenvalue weighted by Gasteiger charge is 2.26. The van der Waals surface area contributed by atoms with Crippen molar-refractivity contribution in [3.05, 3.63) is 48.0 Å². The summed E-state index contributed by atoms with van der Waals surface area (Å²) in [5, 5.41) is 2.98. The first kappa shape index (κ1) is 20.3. The summed E-state index contributed by atoms with van der Waals surface area (Å²) < 4.78 is 16.5. The van der Waals surface area contributed by atoms with Gasteiger partial charge in [-0.1, -0.05) is 18.6 Å². The van der Waals surface area contributed by atoms with Crippen molar-refractivity contribution >= 4 is 24.0 Å². The zero-order valence-electron chi connectivity index (χ0n) is 15.6. The Kier molecular flexibility index (Phi) is 6.65. The van der Waals surface area contributed by atoms with Crippen molar-refractivity contribution in [3.63, 3.8) is 0 Å². The number of benzene rings is 2. The van der Waals surface area contributed by atoms with Crippen LogP contribution >= 0.6 is 12.4 Å². The van der Waals surface area contributed by atoms with Crippen LogP contribution in [0.4, 0.5) is 5.69 Å². The number of anilines is 1. The Morgan fingerprint density at radius 2 is 2.00 bits per heavy atom. The van der Waals surface area contributed by atoms with Crippen LogP contribution in [0, 0.1) is 5.92 Å². The average Bonchev–Trinajstić information content (AvgIpc) is 3.29. The molecule has 1 heterocycles. The quantitative estimate of drug-likeness (QED) is 0.763. The van der Waals surface area contributed by atoms with Gasteiger partial charge in [0.05, 0.1) is 0 Å². The van der Waals surface area contributed by atoms with E-state index in [1.165, 1.54) is 0 Å². The van der Waals surface area contributed by atoms with Gasteiger partial charge in [-0.05, 0) is 48.6 Å². The zero-order chi connectivity index (χ0) is 18.6. The first-order valence-electron chi connectivity index (χ1n) is 9.34. The zero-order valence-corrected chi connectivity index (χ0v) is 16.4. The number of hydrogen-bond donors (Lipinski definition) is 2. The molecule has 2 aromatic carbocycles. The van der Waals surface area contributed by atoms with Crippen LogP contribution in [0.2, 0.25) is 0 Å². The Morgan fingerprint density at radius 1 is 1.14 bits per heavy atom. The summed E-state index contributed by atoms with van der Waals surface area (Å²) in [4.78, 5) is 12.3. The van der Waals surface area contributed by atoms with Crippen LogP contribution in [-0.4, -0.2) is 18.7 Å². The molecule has 4 rings (SSSR count). The third-order valence-electron chi connectivity index (χ3n) is 5.13. The van der Waals surface area contributed by atoms with Crippen LogP contribution in [-0.2, 0) is 11.4 Å². The molecule has 2 aromatic rings. The summed E-state index contributed by atoms with van der Waals surface area (Å²) in [5.74, 6) is 2.45. The van der Waals surface area contributed by atoms with Gasteiger partial charge in [-0.2, -0.15) is 0 Å². The maximum absolute atomic E-state index is 12.3. The van der Waals surface area contributed by atoms with Gasteiger partial charge in [0.15, 0.2) is 11.5 Å². The fraction of sp³-hybridized carbons (Fsp3) is 0.381. The predicted octanol–water partition coefficient (Wildman–Crippen LogP) is 3.87. The van der Waals surface area contributed by atoms with Crippen molar-refractivity contribution in [1.82, 2.24) is 0 Å². The van der Waals surface area contributed by atoms with Gasteiger partial charge in [0, 0.05) is 24.2 Å². The van der Waals surface area contributed by atoms with Crippen molar-refractivity contribution in [2.75, 3.05) is 12.1 Å². The second-order valence-corrected chi connectivity index (χ2v) is 7.11. The number of carbonyl (C=O) groups excluding carboxylic acids is 1. The lowest BCUT2D eigenvalue weighted by Crippen LogP contribution is -2.28. The van der Waals surface area contributed by atoms with E-state index in [4.69, 9.17) is 19.9 Å². The van der Waals surface area contributed by atoms with Gasteiger partial charge in [-0.25, -0.2) is 0 Å². The number of rotatable bonds is 6. The summed E-state index contributed by atoms with van der Waals surface area (Å²) >= 11 is 0. The average molecular weight is 405 g/mol. The van der Waals surface area contributed by atoms with Gasteiger partial charge >= 0.3 is 0 Å². The van der Waals surface area contributed by atoms with Gasteiger partial charge in [-0.15, -0.1) is 12.4 Å². The minimum absolute atomic E-state index is 0. The Bertz CT molecular complexity index is 830. The summed E-state index contributed by atoms with van der Waals surface area (Å²) in [6.07, 6.45) is 3.66. The Morgan fingerprint density at radius 3 is 2.82 bits per heavy atom. The normalized spacial score (nSPS) is 19.8. The maximum Gasteiger partial charge on any atom is 0.231 e. The van der Waals surface area contributed by atoms with Crippen LogP contribution in [0.3, 0.4) is 0 Å². The number of hydrogen-bond acceptors (Lipinski definition) is 5. The fourth-order valence-corrected chi connectivity index (χ4v) is 3.64. The topological polar surface area (TPSA) is 82.8 Å². The maximum atomic E-state index is 12.3. The molecule has 0 radical (unpaired) electrons. The van der Waals surface area contributed by atoms with Crippen LogP contribution in [0.1, 0.15) is 31.2 Å². The van der Waals surface area contributed by atoms with E-state index in [0.717, 1.165) is 36.3 Å². The van der Waals surface area contributed by atoms with E-state index >= 15 is 0 Å². The lowest BCUT2D eigenvalue weighted by Gasteiger charge is -2.15. The summed E-state index contributed by atoms with van der Waals surface area (Å²) in [7, 11) is 0. The van der Waals surface area contributed by atoms with Crippen LogP contribution in [0.25, 0.3) is 0 Å². The minimum Gasteiger partial charge on any atom is -0.489 e. The molecule has 0 bridgehead atoms. The molecule has 2 atom stereocenters. The number of halogens is 1. The van der Waals surface area contributed by atoms with E-state index in [1.54, 1.807) is 0 Å². The Hall–Kier alpha value is -2.44. The summed E-state index contributed by atoms with van der Waals surface area (Å²) in [6.45, 7) is 0.642. The summed E-state index contributed by atoms with van der Waals surface area (Å²) in [5.41, 5.74) is 7.81. The molecule has 1 aliphatic heterocycles. The largest absolute Gasteiger partial charge is 0.489 e. The van der Waals surface area contributed by atoms with Gasteiger partial charge in [-0.3, -0.25) is 4.79 Å². The van der Waals surface area contributed by atoms with E-state index in [9.17, 15) is 4.79 Å². The number of carbonyl (C=O) groups is 1. The smallest absolute Gasteiger partial charge is 0.231 e. The van der Waals surface area contributed by atoms with Crippen molar-refractivity contribution < 1.29 is 19.0 Å². The second-order valence-electron chi connectivity index (χ2n) is 7.11. The molecule has 1 saturated carbocycles. The van der Waals surface area contributed by atoms with Crippen LogP contribution in [0.15, 0.2) is 42.5 Å².